The first-order valence-electron chi connectivity index (χ1n) is 5.50. The average Bonchev–Trinajstić information content (AvgIpc) is 2.33. The van der Waals surface area contributed by atoms with Gasteiger partial charge in [0.2, 0.25) is 0 Å². The van der Waals surface area contributed by atoms with Gasteiger partial charge >= 0.3 is 6.18 Å². The summed E-state index contributed by atoms with van der Waals surface area (Å²) in [6, 6.07) is 3.78. The maximum atomic E-state index is 12.8. The molecule has 7 heteroatoms. The molecular weight excluding hydrogens is 327 g/mol. The van der Waals surface area contributed by atoms with Crippen LogP contribution in [0.4, 0.5) is 18.9 Å². The second kappa shape index (κ2) is 7.12. The lowest BCUT2D eigenvalue weighted by atomic mass is 10.1. The Hall–Kier alpha value is -0.790. The van der Waals surface area contributed by atoms with Crippen molar-refractivity contribution in [3.05, 3.63) is 28.2 Å². The van der Waals surface area contributed by atoms with E-state index in [-0.39, 0.29) is 18.3 Å². The van der Waals surface area contributed by atoms with Crippen LogP contribution in [-0.4, -0.2) is 33.5 Å². The van der Waals surface area contributed by atoms with Crippen LogP contribution in [-0.2, 0) is 15.7 Å². The Morgan fingerprint density at radius 1 is 1.32 bits per heavy atom. The van der Waals surface area contributed by atoms with E-state index < -0.39 is 11.7 Å². The second-order valence-electron chi connectivity index (χ2n) is 3.88. The summed E-state index contributed by atoms with van der Waals surface area (Å²) in [5, 5.41) is 2.74. The summed E-state index contributed by atoms with van der Waals surface area (Å²) in [6.07, 6.45) is -4.71. The lowest BCUT2D eigenvalue weighted by Gasteiger charge is -2.19. The van der Waals surface area contributed by atoms with Crippen molar-refractivity contribution in [1.29, 1.82) is 0 Å². The van der Waals surface area contributed by atoms with Crippen LogP contribution in [0.3, 0.4) is 0 Å². The summed E-state index contributed by atoms with van der Waals surface area (Å²) in [5.41, 5.74) is -0.692. The minimum Gasteiger partial charge on any atom is -0.382 e. The van der Waals surface area contributed by atoms with Crippen LogP contribution in [0.15, 0.2) is 22.7 Å². The third-order valence-corrected chi connectivity index (χ3v) is 2.99. The van der Waals surface area contributed by atoms with Crippen LogP contribution in [0.1, 0.15) is 5.56 Å². The Morgan fingerprint density at radius 2 is 2.00 bits per heavy atom. The highest BCUT2D eigenvalue weighted by Crippen LogP contribution is 2.36. The highest BCUT2D eigenvalue weighted by molar-refractivity contribution is 9.10. The first kappa shape index (κ1) is 16.3. The molecule has 0 aliphatic rings. The molecule has 0 saturated heterocycles. The number of halogens is 4. The van der Waals surface area contributed by atoms with Gasteiger partial charge in [-0.1, -0.05) is 15.9 Å². The number of alkyl halides is 3. The van der Waals surface area contributed by atoms with Gasteiger partial charge < -0.3 is 14.8 Å². The van der Waals surface area contributed by atoms with E-state index in [4.69, 9.17) is 9.47 Å². The Balaban J connectivity index is 2.84. The van der Waals surface area contributed by atoms with E-state index in [0.717, 1.165) is 6.07 Å². The van der Waals surface area contributed by atoms with Gasteiger partial charge in [-0.3, -0.25) is 0 Å². The van der Waals surface area contributed by atoms with Crippen LogP contribution in [0.5, 0.6) is 0 Å². The number of hydrogen-bond donors (Lipinski definition) is 1. The predicted molar refractivity (Wildman–Crippen MR) is 70.3 cm³/mol. The largest absolute Gasteiger partial charge is 0.418 e. The molecule has 0 saturated carbocycles. The van der Waals surface area contributed by atoms with Gasteiger partial charge in [-0.05, 0) is 18.2 Å². The monoisotopic (exact) mass is 341 g/mol. The van der Waals surface area contributed by atoms with E-state index in [9.17, 15) is 13.2 Å². The minimum absolute atomic E-state index is 0.0139. The molecule has 19 heavy (non-hydrogen) atoms. The summed E-state index contributed by atoms with van der Waals surface area (Å²) in [7, 11) is 2.99. The van der Waals surface area contributed by atoms with Crippen molar-refractivity contribution in [3.63, 3.8) is 0 Å². The molecule has 1 unspecified atom stereocenters. The predicted octanol–water partition coefficient (Wildman–Crippen LogP) is 3.54. The molecule has 1 rings (SSSR count). The molecule has 0 bridgehead atoms. The Morgan fingerprint density at radius 3 is 2.53 bits per heavy atom. The molecule has 3 nitrogen and oxygen atoms in total. The fraction of sp³-hybridized carbons (Fsp3) is 0.500. The van der Waals surface area contributed by atoms with E-state index >= 15 is 0 Å². The van der Waals surface area contributed by atoms with Crippen LogP contribution < -0.4 is 5.32 Å². The lowest BCUT2D eigenvalue weighted by molar-refractivity contribution is -0.137. The Kier molecular flexibility index (Phi) is 6.09. The molecule has 108 valence electrons. The van der Waals surface area contributed by atoms with Crippen molar-refractivity contribution < 1.29 is 22.6 Å². The van der Waals surface area contributed by atoms with Gasteiger partial charge in [-0.25, -0.2) is 0 Å². The smallest absolute Gasteiger partial charge is 0.382 e. The highest BCUT2D eigenvalue weighted by Gasteiger charge is 2.33. The molecular formula is C12H15BrF3NO2. The summed E-state index contributed by atoms with van der Waals surface area (Å²) in [5.74, 6) is 0. The highest BCUT2D eigenvalue weighted by atomic mass is 79.9. The molecule has 0 fully saturated rings. The van der Waals surface area contributed by atoms with Crippen LogP contribution in [0.25, 0.3) is 0 Å². The van der Waals surface area contributed by atoms with Crippen molar-refractivity contribution in [2.45, 2.75) is 12.3 Å². The van der Waals surface area contributed by atoms with E-state index in [2.05, 4.69) is 21.2 Å². The second-order valence-corrected chi connectivity index (χ2v) is 4.80. The number of ether oxygens (including phenoxy) is 2. The number of methoxy groups -OCH3 is 2. The molecule has 0 aromatic heterocycles. The third-order valence-electron chi connectivity index (χ3n) is 2.49. The van der Waals surface area contributed by atoms with E-state index in [1.54, 1.807) is 0 Å². The Labute approximate surface area is 118 Å². The van der Waals surface area contributed by atoms with Crippen LogP contribution in [0, 0.1) is 0 Å². The van der Waals surface area contributed by atoms with Gasteiger partial charge in [-0.15, -0.1) is 0 Å². The van der Waals surface area contributed by atoms with Gasteiger partial charge in [0.1, 0.15) is 0 Å². The van der Waals surface area contributed by atoms with Crippen LogP contribution in [0.2, 0.25) is 0 Å². The van der Waals surface area contributed by atoms with Crippen molar-refractivity contribution in [2.24, 2.45) is 0 Å². The van der Waals surface area contributed by atoms with E-state index in [1.807, 2.05) is 0 Å². The zero-order valence-corrected chi connectivity index (χ0v) is 12.1. The summed E-state index contributed by atoms with van der Waals surface area (Å²) < 4.78 is 49.0. The SMILES string of the molecule is COCC(CNc1cc(Br)ccc1C(F)(F)F)OC. The van der Waals surface area contributed by atoms with Crippen molar-refractivity contribution in [2.75, 3.05) is 32.7 Å². The quantitative estimate of drug-likeness (QED) is 0.858. The molecule has 1 aromatic carbocycles. The molecule has 1 N–H and O–H groups in total. The minimum atomic E-state index is -4.40. The summed E-state index contributed by atoms with van der Waals surface area (Å²) in [6.45, 7) is 0.530. The zero-order valence-electron chi connectivity index (χ0n) is 10.6. The first-order valence-corrected chi connectivity index (χ1v) is 6.30. The number of anilines is 1. The van der Waals surface area contributed by atoms with Crippen molar-refractivity contribution in [3.8, 4) is 0 Å². The molecule has 1 aromatic rings. The van der Waals surface area contributed by atoms with Gasteiger partial charge in [0.15, 0.2) is 0 Å². The molecule has 0 aliphatic heterocycles. The van der Waals surface area contributed by atoms with Gasteiger partial charge in [0.05, 0.1) is 18.3 Å². The van der Waals surface area contributed by atoms with Crippen LogP contribution >= 0.6 is 15.9 Å². The number of hydrogen-bond acceptors (Lipinski definition) is 3. The first-order chi connectivity index (χ1) is 8.88. The molecule has 0 heterocycles. The normalized spacial score (nSPS) is 13.4. The maximum Gasteiger partial charge on any atom is 0.418 e. The lowest BCUT2D eigenvalue weighted by Crippen LogP contribution is -2.27. The van der Waals surface area contributed by atoms with Gasteiger partial charge in [-0.2, -0.15) is 13.2 Å². The van der Waals surface area contributed by atoms with Gasteiger partial charge in [0, 0.05) is 30.9 Å². The average molecular weight is 342 g/mol. The molecule has 0 spiro atoms. The summed E-state index contributed by atoms with van der Waals surface area (Å²) in [4.78, 5) is 0. The van der Waals surface area contributed by atoms with Crippen molar-refractivity contribution >= 4 is 21.6 Å². The van der Waals surface area contributed by atoms with E-state index in [1.165, 1.54) is 26.4 Å². The molecule has 0 radical (unpaired) electrons. The Bertz CT molecular complexity index is 412. The fourth-order valence-corrected chi connectivity index (χ4v) is 1.89. The number of nitrogens with one attached hydrogen (secondary N) is 1. The molecule has 1 atom stereocenters. The van der Waals surface area contributed by atoms with E-state index in [0.29, 0.717) is 11.1 Å². The van der Waals surface area contributed by atoms with Crippen molar-refractivity contribution in [1.82, 2.24) is 0 Å². The number of benzene rings is 1. The summed E-state index contributed by atoms with van der Waals surface area (Å²) >= 11 is 3.15. The number of rotatable bonds is 6. The third kappa shape index (κ3) is 5.00. The van der Waals surface area contributed by atoms with Gasteiger partial charge in [0.25, 0.3) is 0 Å². The zero-order chi connectivity index (χ0) is 14.5. The standard InChI is InChI=1S/C12H15BrF3NO2/c1-18-7-9(19-2)6-17-11-5-8(13)3-4-10(11)12(14,15)16/h3-5,9,17H,6-7H2,1-2H3. The molecule has 0 aliphatic carbocycles. The maximum absolute atomic E-state index is 12.8. The molecule has 0 amide bonds. The topological polar surface area (TPSA) is 30.5 Å². The fourth-order valence-electron chi connectivity index (χ4n) is 1.53.